The highest BCUT2D eigenvalue weighted by Crippen LogP contribution is 2.33. The third kappa shape index (κ3) is 3.42. The van der Waals surface area contributed by atoms with E-state index in [2.05, 4.69) is 19.9 Å². The van der Waals surface area contributed by atoms with Gasteiger partial charge in [-0.15, -0.1) is 0 Å². The molecule has 0 saturated heterocycles. The van der Waals surface area contributed by atoms with Gasteiger partial charge in [0.2, 0.25) is 0 Å². The van der Waals surface area contributed by atoms with Crippen LogP contribution in [0.4, 0.5) is 18.9 Å². The Hall–Kier alpha value is -3.02. The van der Waals surface area contributed by atoms with Crippen LogP contribution in [0.1, 0.15) is 12.5 Å². The SMILES string of the molecule is CCS(=O)(=O)c1cc(/N=C/N)cnc1-c1nc2cc(C(F)(F)F)cnc2n1C. The number of hydrogen-bond donors (Lipinski definition) is 1. The van der Waals surface area contributed by atoms with Crippen molar-refractivity contribution in [2.45, 2.75) is 18.0 Å². The van der Waals surface area contributed by atoms with Gasteiger partial charge in [-0.1, -0.05) is 6.92 Å². The number of aryl methyl sites for hydroxylation is 1. The van der Waals surface area contributed by atoms with Crippen molar-refractivity contribution in [1.29, 1.82) is 0 Å². The van der Waals surface area contributed by atoms with Crippen LogP contribution in [0.2, 0.25) is 0 Å². The molecule has 3 aromatic heterocycles. The molecule has 3 aromatic rings. The highest BCUT2D eigenvalue weighted by atomic mass is 32.2. The third-order valence-corrected chi connectivity index (χ3v) is 5.77. The van der Waals surface area contributed by atoms with Crippen LogP contribution in [-0.4, -0.2) is 40.0 Å². The van der Waals surface area contributed by atoms with E-state index in [1.807, 2.05) is 0 Å². The number of pyridine rings is 2. The predicted molar refractivity (Wildman–Crippen MR) is 96.8 cm³/mol. The average molecular weight is 412 g/mol. The van der Waals surface area contributed by atoms with Crippen LogP contribution in [0.25, 0.3) is 22.7 Å². The Morgan fingerprint density at radius 2 is 1.96 bits per heavy atom. The summed E-state index contributed by atoms with van der Waals surface area (Å²) in [6.45, 7) is 1.46. The van der Waals surface area contributed by atoms with Crippen LogP contribution in [0.3, 0.4) is 0 Å². The lowest BCUT2D eigenvalue weighted by molar-refractivity contribution is -0.137. The molecule has 3 rings (SSSR count). The summed E-state index contributed by atoms with van der Waals surface area (Å²) in [6.07, 6.45) is -1.59. The standard InChI is InChI=1S/C16H15F3N6O2S/c1-3-28(26,27)12-5-10(23-8-20)7-21-13(12)15-24-11-4-9(16(17,18)19)6-22-14(11)25(15)2/h4-8H,3H2,1-2H3,(H2,20,23). The van der Waals surface area contributed by atoms with Gasteiger partial charge in [0.25, 0.3) is 0 Å². The van der Waals surface area contributed by atoms with Crippen molar-refractivity contribution in [3.63, 3.8) is 0 Å². The van der Waals surface area contributed by atoms with E-state index in [4.69, 9.17) is 5.73 Å². The topological polar surface area (TPSA) is 116 Å². The van der Waals surface area contributed by atoms with Crippen molar-refractivity contribution in [1.82, 2.24) is 19.5 Å². The molecule has 0 unspecified atom stereocenters. The van der Waals surface area contributed by atoms with Crippen LogP contribution in [0.15, 0.2) is 34.4 Å². The highest BCUT2D eigenvalue weighted by Gasteiger charge is 2.32. The van der Waals surface area contributed by atoms with E-state index in [0.717, 1.165) is 12.4 Å². The molecule has 0 fully saturated rings. The lowest BCUT2D eigenvalue weighted by Crippen LogP contribution is -2.08. The molecular formula is C16H15F3N6O2S. The summed E-state index contributed by atoms with van der Waals surface area (Å²) in [5, 5.41) is 0. The van der Waals surface area contributed by atoms with E-state index in [-0.39, 0.29) is 39.0 Å². The fourth-order valence-corrected chi connectivity index (χ4v) is 3.64. The normalized spacial score (nSPS) is 12.9. The van der Waals surface area contributed by atoms with E-state index in [1.54, 1.807) is 0 Å². The molecule has 0 aliphatic rings. The molecule has 0 spiro atoms. The van der Waals surface area contributed by atoms with Crippen molar-refractivity contribution in [2.75, 3.05) is 5.75 Å². The largest absolute Gasteiger partial charge is 0.417 e. The highest BCUT2D eigenvalue weighted by molar-refractivity contribution is 7.91. The zero-order valence-corrected chi connectivity index (χ0v) is 15.6. The molecule has 0 aliphatic heterocycles. The second-order valence-electron chi connectivity index (χ2n) is 5.78. The third-order valence-electron chi connectivity index (χ3n) is 4.03. The fourth-order valence-electron chi connectivity index (χ4n) is 2.59. The number of imidazole rings is 1. The Morgan fingerprint density at radius 1 is 1.25 bits per heavy atom. The van der Waals surface area contributed by atoms with Gasteiger partial charge >= 0.3 is 6.18 Å². The summed E-state index contributed by atoms with van der Waals surface area (Å²) in [5.41, 5.74) is 4.63. The number of hydrogen-bond acceptors (Lipinski definition) is 6. The van der Waals surface area contributed by atoms with Crippen molar-refractivity contribution >= 4 is 33.0 Å². The summed E-state index contributed by atoms with van der Waals surface area (Å²) in [6, 6.07) is 2.14. The summed E-state index contributed by atoms with van der Waals surface area (Å²) >= 11 is 0. The number of aliphatic imine (C=N–C) groups is 1. The summed E-state index contributed by atoms with van der Waals surface area (Å²) in [4.78, 5) is 15.8. The van der Waals surface area contributed by atoms with Crippen molar-refractivity contribution in [2.24, 2.45) is 17.8 Å². The molecule has 8 nitrogen and oxygen atoms in total. The Bertz CT molecular complexity index is 1190. The number of nitrogens with two attached hydrogens (primary N) is 1. The van der Waals surface area contributed by atoms with Gasteiger partial charge in [-0.3, -0.25) is 0 Å². The smallest absolute Gasteiger partial charge is 0.390 e. The molecule has 0 radical (unpaired) electrons. The lowest BCUT2D eigenvalue weighted by atomic mass is 10.2. The number of halogens is 3. The minimum absolute atomic E-state index is 0.00752. The first-order valence-electron chi connectivity index (χ1n) is 7.95. The average Bonchev–Trinajstić information content (AvgIpc) is 2.97. The van der Waals surface area contributed by atoms with E-state index in [0.29, 0.717) is 6.20 Å². The van der Waals surface area contributed by atoms with Gasteiger partial charge in [0.15, 0.2) is 21.3 Å². The van der Waals surface area contributed by atoms with Gasteiger partial charge in [0, 0.05) is 13.2 Å². The Morgan fingerprint density at radius 3 is 2.57 bits per heavy atom. The number of sulfone groups is 1. The summed E-state index contributed by atoms with van der Waals surface area (Å²) in [7, 11) is -2.22. The first-order valence-corrected chi connectivity index (χ1v) is 9.60. The van der Waals surface area contributed by atoms with Gasteiger partial charge in [0.05, 0.1) is 34.4 Å². The minimum Gasteiger partial charge on any atom is -0.390 e. The fraction of sp³-hybridized carbons (Fsp3) is 0.250. The molecule has 0 bridgehead atoms. The predicted octanol–water partition coefficient (Wildman–Crippen LogP) is 2.46. The first-order chi connectivity index (χ1) is 13.1. The molecule has 0 aromatic carbocycles. The number of alkyl halides is 3. The maximum absolute atomic E-state index is 12.9. The first kappa shape index (κ1) is 19.7. The van der Waals surface area contributed by atoms with Gasteiger partial charge < -0.3 is 10.3 Å². The van der Waals surface area contributed by atoms with Gasteiger partial charge in [-0.2, -0.15) is 13.2 Å². The van der Waals surface area contributed by atoms with Crippen LogP contribution >= 0.6 is 0 Å². The number of fused-ring (bicyclic) bond motifs is 1. The van der Waals surface area contributed by atoms with E-state index < -0.39 is 21.6 Å². The monoisotopic (exact) mass is 412 g/mol. The van der Waals surface area contributed by atoms with Crippen LogP contribution < -0.4 is 5.73 Å². The molecule has 0 atom stereocenters. The zero-order valence-electron chi connectivity index (χ0n) is 14.8. The maximum Gasteiger partial charge on any atom is 0.417 e. The van der Waals surface area contributed by atoms with Crippen LogP contribution in [0, 0.1) is 0 Å². The number of nitrogens with zero attached hydrogens (tertiary/aromatic N) is 5. The lowest BCUT2D eigenvalue weighted by Gasteiger charge is -2.09. The Labute approximate surface area is 157 Å². The molecule has 148 valence electrons. The zero-order chi connectivity index (χ0) is 20.7. The second kappa shape index (κ2) is 6.86. The Kier molecular flexibility index (Phi) is 4.83. The van der Waals surface area contributed by atoms with Crippen LogP contribution in [-0.2, 0) is 23.1 Å². The molecule has 0 aliphatic carbocycles. The summed E-state index contributed by atoms with van der Waals surface area (Å²) < 4.78 is 65.3. The van der Waals surface area contributed by atoms with Gasteiger partial charge in [-0.25, -0.2) is 28.4 Å². The second-order valence-corrected chi connectivity index (χ2v) is 8.03. The van der Waals surface area contributed by atoms with E-state index in [9.17, 15) is 21.6 Å². The molecule has 3 heterocycles. The van der Waals surface area contributed by atoms with E-state index in [1.165, 1.54) is 30.8 Å². The number of rotatable bonds is 4. The molecule has 2 N–H and O–H groups in total. The summed E-state index contributed by atoms with van der Waals surface area (Å²) in [5.74, 6) is -0.144. The van der Waals surface area contributed by atoms with E-state index >= 15 is 0 Å². The minimum atomic E-state index is -4.57. The maximum atomic E-state index is 12.9. The van der Waals surface area contributed by atoms with Crippen molar-refractivity contribution in [3.8, 4) is 11.5 Å². The molecule has 0 amide bonds. The molecule has 12 heteroatoms. The van der Waals surface area contributed by atoms with Crippen LogP contribution in [0.5, 0.6) is 0 Å². The van der Waals surface area contributed by atoms with Crippen molar-refractivity contribution in [3.05, 3.63) is 30.1 Å². The van der Waals surface area contributed by atoms with Gasteiger partial charge in [-0.05, 0) is 12.1 Å². The Balaban J connectivity index is 2.28. The molecule has 28 heavy (non-hydrogen) atoms. The molecule has 0 saturated carbocycles. The number of aromatic nitrogens is 4. The molecular weight excluding hydrogens is 397 g/mol. The van der Waals surface area contributed by atoms with Gasteiger partial charge in [0.1, 0.15) is 11.2 Å². The quantitative estimate of drug-likeness (QED) is 0.520. The van der Waals surface area contributed by atoms with Crippen molar-refractivity contribution < 1.29 is 21.6 Å².